The predicted octanol–water partition coefficient (Wildman–Crippen LogP) is 3.36. The molecule has 0 unspecified atom stereocenters. The molecule has 0 aliphatic rings. The van der Waals surface area contributed by atoms with Gasteiger partial charge >= 0.3 is 0 Å². The normalized spacial score (nSPS) is 11.4. The molecular weight excluding hydrogens is 324 g/mol. The molecule has 6 heteroatoms. The summed E-state index contributed by atoms with van der Waals surface area (Å²) in [7, 11) is 0. The standard InChI is InChI=1S/C20H16N6/c1-14-21-9-10-25(14)20-7-6-19-23-13-17(26(19)24-20)12-15-4-5-18-16(11-15)3-2-8-22-18/h2-11,13H,12H2,1H3. The maximum atomic E-state index is 4.76. The zero-order chi connectivity index (χ0) is 17.5. The number of aromatic nitrogens is 6. The number of hydrogen-bond acceptors (Lipinski definition) is 4. The molecule has 0 bridgehead atoms. The molecule has 0 saturated heterocycles. The maximum absolute atomic E-state index is 4.76. The summed E-state index contributed by atoms with van der Waals surface area (Å²) in [5, 5.41) is 5.90. The number of pyridine rings is 1. The van der Waals surface area contributed by atoms with Gasteiger partial charge in [-0.25, -0.2) is 14.5 Å². The van der Waals surface area contributed by atoms with Crippen LogP contribution in [0.1, 0.15) is 17.1 Å². The lowest BCUT2D eigenvalue weighted by Crippen LogP contribution is -2.05. The van der Waals surface area contributed by atoms with E-state index >= 15 is 0 Å². The van der Waals surface area contributed by atoms with Crippen molar-refractivity contribution in [3.63, 3.8) is 0 Å². The van der Waals surface area contributed by atoms with Crippen LogP contribution in [0.25, 0.3) is 22.4 Å². The second-order valence-corrected chi connectivity index (χ2v) is 6.26. The Balaban J connectivity index is 1.56. The van der Waals surface area contributed by atoms with Crippen molar-refractivity contribution in [2.75, 3.05) is 0 Å². The smallest absolute Gasteiger partial charge is 0.159 e. The Morgan fingerprint density at radius 1 is 0.962 bits per heavy atom. The van der Waals surface area contributed by atoms with Crippen LogP contribution in [-0.4, -0.2) is 29.1 Å². The molecule has 0 atom stereocenters. The molecule has 0 aliphatic carbocycles. The van der Waals surface area contributed by atoms with Crippen molar-refractivity contribution in [2.24, 2.45) is 0 Å². The second kappa shape index (κ2) is 5.77. The fraction of sp³-hybridized carbons (Fsp3) is 0.100. The molecular formula is C20H16N6. The van der Waals surface area contributed by atoms with E-state index in [0.717, 1.165) is 40.3 Å². The van der Waals surface area contributed by atoms with E-state index in [9.17, 15) is 0 Å². The van der Waals surface area contributed by atoms with Crippen molar-refractivity contribution in [1.29, 1.82) is 0 Å². The van der Waals surface area contributed by atoms with Gasteiger partial charge in [-0.15, -0.1) is 5.10 Å². The summed E-state index contributed by atoms with van der Waals surface area (Å²) in [6.07, 6.45) is 8.15. The molecule has 6 nitrogen and oxygen atoms in total. The van der Waals surface area contributed by atoms with E-state index in [1.807, 2.05) is 52.8 Å². The lowest BCUT2D eigenvalue weighted by atomic mass is 10.1. The number of fused-ring (bicyclic) bond motifs is 2. The lowest BCUT2D eigenvalue weighted by molar-refractivity contribution is 0.814. The Labute approximate surface area is 149 Å². The Morgan fingerprint density at radius 2 is 1.92 bits per heavy atom. The maximum Gasteiger partial charge on any atom is 0.159 e. The molecule has 0 spiro atoms. The summed E-state index contributed by atoms with van der Waals surface area (Å²) in [6, 6.07) is 14.3. The van der Waals surface area contributed by atoms with Crippen LogP contribution in [0.5, 0.6) is 0 Å². The number of nitrogens with zero attached hydrogens (tertiary/aromatic N) is 6. The van der Waals surface area contributed by atoms with E-state index in [0.29, 0.717) is 0 Å². The summed E-state index contributed by atoms with van der Waals surface area (Å²) in [5.74, 6) is 1.73. The first-order chi connectivity index (χ1) is 12.8. The summed E-state index contributed by atoms with van der Waals surface area (Å²) in [6.45, 7) is 1.96. The molecule has 4 aromatic heterocycles. The van der Waals surface area contributed by atoms with E-state index in [2.05, 4.69) is 39.2 Å². The van der Waals surface area contributed by atoms with Crippen LogP contribution in [0.3, 0.4) is 0 Å². The first kappa shape index (κ1) is 14.8. The molecule has 0 aliphatic heterocycles. The van der Waals surface area contributed by atoms with Crippen LogP contribution in [0.4, 0.5) is 0 Å². The summed E-state index contributed by atoms with van der Waals surface area (Å²) >= 11 is 0. The summed E-state index contributed by atoms with van der Waals surface area (Å²) in [5.41, 5.74) is 4.09. The number of imidazole rings is 2. The van der Waals surface area contributed by atoms with Crippen molar-refractivity contribution in [2.45, 2.75) is 13.3 Å². The van der Waals surface area contributed by atoms with Crippen LogP contribution in [0.15, 0.2) is 67.3 Å². The van der Waals surface area contributed by atoms with Gasteiger partial charge in [0, 0.05) is 30.4 Å². The molecule has 0 amide bonds. The third-order valence-corrected chi connectivity index (χ3v) is 4.54. The minimum atomic E-state index is 0.755. The largest absolute Gasteiger partial charge is 0.287 e. The number of rotatable bonds is 3. The zero-order valence-electron chi connectivity index (χ0n) is 14.2. The highest BCUT2D eigenvalue weighted by Crippen LogP contribution is 2.18. The van der Waals surface area contributed by atoms with E-state index in [-0.39, 0.29) is 0 Å². The Hall–Kier alpha value is -3.54. The van der Waals surface area contributed by atoms with Gasteiger partial charge in [-0.1, -0.05) is 12.1 Å². The van der Waals surface area contributed by atoms with Gasteiger partial charge in [0.15, 0.2) is 11.5 Å². The number of hydrogen-bond donors (Lipinski definition) is 0. The predicted molar refractivity (Wildman–Crippen MR) is 99.4 cm³/mol. The van der Waals surface area contributed by atoms with Crippen molar-refractivity contribution < 1.29 is 0 Å². The van der Waals surface area contributed by atoms with Gasteiger partial charge in [0.05, 0.1) is 17.4 Å². The minimum Gasteiger partial charge on any atom is -0.287 e. The highest BCUT2D eigenvalue weighted by atomic mass is 15.3. The van der Waals surface area contributed by atoms with Crippen molar-refractivity contribution in [1.82, 2.24) is 29.1 Å². The third-order valence-electron chi connectivity index (χ3n) is 4.54. The molecule has 0 saturated carbocycles. The fourth-order valence-electron chi connectivity index (χ4n) is 3.22. The van der Waals surface area contributed by atoms with Crippen LogP contribution in [0, 0.1) is 6.92 Å². The van der Waals surface area contributed by atoms with E-state index in [4.69, 9.17) is 5.10 Å². The van der Waals surface area contributed by atoms with Crippen LogP contribution in [0.2, 0.25) is 0 Å². The quantitative estimate of drug-likeness (QED) is 0.505. The van der Waals surface area contributed by atoms with Crippen LogP contribution < -0.4 is 0 Å². The second-order valence-electron chi connectivity index (χ2n) is 6.26. The molecule has 0 fully saturated rings. The van der Waals surface area contributed by atoms with Crippen molar-refractivity contribution in [3.05, 3.63) is 84.3 Å². The van der Waals surface area contributed by atoms with E-state index < -0.39 is 0 Å². The van der Waals surface area contributed by atoms with Crippen molar-refractivity contribution in [3.8, 4) is 5.82 Å². The Kier molecular flexibility index (Phi) is 3.28. The fourth-order valence-corrected chi connectivity index (χ4v) is 3.22. The summed E-state index contributed by atoms with van der Waals surface area (Å²) < 4.78 is 3.87. The van der Waals surface area contributed by atoms with Gasteiger partial charge in [-0.05, 0) is 42.8 Å². The molecule has 5 rings (SSSR count). The molecule has 4 heterocycles. The highest BCUT2D eigenvalue weighted by Gasteiger charge is 2.09. The highest BCUT2D eigenvalue weighted by molar-refractivity contribution is 5.79. The lowest BCUT2D eigenvalue weighted by Gasteiger charge is -2.07. The van der Waals surface area contributed by atoms with Crippen molar-refractivity contribution >= 4 is 16.6 Å². The molecule has 0 radical (unpaired) electrons. The first-order valence-corrected chi connectivity index (χ1v) is 8.45. The van der Waals surface area contributed by atoms with Gasteiger partial charge in [-0.2, -0.15) is 0 Å². The van der Waals surface area contributed by atoms with Crippen LogP contribution >= 0.6 is 0 Å². The minimum absolute atomic E-state index is 0.755. The number of benzene rings is 1. The molecule has 1 aromatic carbocycles. The third kappa shape index (κ3) is 2.43. The van der Waals surface area contributed by atoms with Gasteiger partial charge < -0.3 is 0 Å². The van der Waals surface area contributed by atoms with Crippen LogP contribution in [-0.2, 0) is 6.42 Å². The van der Waals surface area contributed by atoms with E-state index in [1.54, 1.807) is 6.20 Å². The summed E-state index contributed by atoms with van der Waals surface area (Å²) in [4.78, 5) is 13.1. The molecule has 0 N–H and O–H groups in total. The Morgan fingerprint density at radius 3 is 2.81 bits per heavy atom. The zero-order valence-corrected chi connectivity index (χ0v) is 14.2. The average molecular weight is 340 g/mol. The topological polar surface area (TPSA) is 60.9 Å². The van der Waals surface area contributed by atoms with Gasteiger partial charge in [0.25, 0.3) is 0 Å². The van der Waals surface area contributed by atoms with Gasteiger partial charge in [0.1, 0.15) is 5.82 Å². The molecule has 26 heavy (non-hydrogen) atoms. The Bertz CT molecular complexity index is 1230. The first-order valence-electron chi connectivity index (χ1n) is 8.45. The van der Waals surface area contributed by atoms with E-state index in [1.165, 1.54) is 5.56 Å². The average Bonchev–Trinajstić information content (AvgIpc) is 3.27. The van der Waals surface area contributed by atoms with Gasteiger partial charge in [0.2, 0.25) is 0 Å². The molecule has 126 valence electrons. The van der Waals surface area contributed by atoms with Gasteiger partial charge in [-0.3, -0.25) is 9.55 Å². The number of aryl methyl sites for hydroxylation is 1. The molecule has 5 aromatic rings. The monoisotopic (exact) mass is 340 g/mol. The SMILES string of the molecule is Cc1nccn1-c1ccc2ncc(Cc3ccc4ncccc4c3)n2n1.